The second kappa shape index (κ2) is 7.19. The van der Waals surface area contributed by atoms with Crippen molar-refractivity contribution in [3.05, 3.63) is 23.1 Å². The predicted octanol–water partition coefficient (Wildman–Crippen LogP) is 2.94. The molecular weight excluding hydrogens is 348 g/mol. The Morgan fingerprint density at radius 3 is 2.77 bits per heavy atom. The number of likely N-dealkylation sites (tertiary alicyclic amines) is 1. The average Bonchev–Trinajstić information content (AvgIpc) is 2.94. The van der Waals surface area contributed by atoms with E-state index in [0.29, 0.717) is 17.6 Å². The summed E-state index contributed by atoms with van der Waals surface area (Å²) in [5.74, 6) is 7.16. The number of halogens is 1. The predicted molar refractivity (Wildman–Crippen MR) is 103 cm³/mol. The van der Waals surface area contributed by atoms with Gasteiger partial charge in [-0.05, 0) is 51.7 Å². The van der Waals surface area contributed by atoms with Crippen molar-refractivity contribution in [2.24, 2.45) is 11.3 Å². The van der Waals surface area contributed by atoms with Crippen molar-refractivity contribution < 1.29 is 5.11 Å². The summed E-state index contributed by atoms with van der Waals surface area (Å²) in [4.78, 5) is 6.57. The van der Waals surface area contributed by atoms with Gasteiger partial charge in [-0.2, -0.15) is 5.10 Å². The number of aliphatic hydroxyl groups is 1. The molecule has 2 aromatic rings. The SMILES string of the molecule is CN1CCC(C#Cc2nn(CC3(CO)CCC3)c3cc(Cl)ncc23)CC1. The molecule has 1 saturated carbocycles. The van der Waals surface area contributed by atoms with E-state index in [1.54, 1.807) is 6.20 Å². The molecule has 1 N–H and O–H groups in total. The molecule has 26 heavy (non-hydrogen) atoms. The van der Waals surface area contributed by atoms with Crippen molar-refractivity contribution in [2.45, 2.75) is 38.6 Å². The zero-order valence-corrected chi connectivity index (χ0v) is 16.0. The fourth-order valence-electron chi connectivity index (χ4n) is 3.94. The second-order valence-corrected chi connectivity index (χ2v) is 8.28. The number of hydrogen-bond acceptors (Lipinski definition) is 4. The summed E-state index contributed by atoms with van der Waals surface area (Å²) in [6.07, 6.45) is 7.25. The molecule has 1 aliphatic heterocycles. The Labute approximate surface area is 159 Å². The van der Waals surface area contributed by atoms with Crippen LogP contribution in [0.15, 0.2) is 12.3 Å². The Morgan fingerprint density at radius 1 is 1.35 bits per heavy atom. The lowest BCUT2D eigenvalue weighted by Gasteiger charge is -2.40. The highest BCUT2D eigenvalue weighted by Crippen LogP contribution is 2.42. The average molecular weight is 373 g/mol. The third-order valence-corrected chi connectivity index (χ3v) is 6.16. The zero-order valence-electron chi connectivity index (χ0n) is 15.2. The minimum absolute atomic E-state index is 0.0483. The second-order valence-electron chi connectivity index (χ2n) is 7.89. The van der Waals surface area contributed by atoms with Crippen molar-refractivity contribution in [1.82, 2.24) is 19.7 Å². The molecule has 0 amide bonds. The molecule has 2 aliphatic rings. The molecule has 1 saturated heterocycles. The maximum atomic E-state index is 9.81. The summed E-state index contributed by atoms with van der Waals surface area (Å²) >= 11 is 6.12. The lowest BCUT2D eigenvalue weighted by atomic mass is 9.69. The molecule has 5 nitrogen and oxygen atoms in total. The van der Waals surface area contributed by atoms with E-state index in [9.17, 15) is 5.11 Å². The van der Waals surface area contributed by atoms with Crippen LogP contribution in [-0.2, 0) is 6.54 Å². The summed E-state index contributed by atoms with van der Waals surface area (Å²) in [5, 5.41) is 16.0. The van der Waals surface area contributed by atoms with Gasteiger partial charge in [0.1, 0.15) is 10.8 Å². The molecule has 0 bridgehead atoms. The number of aliphatic hydroxyl groups excluding tert-OH is 1. The molecular formula is C20H25ClN4O. The molecule has 1 aliphatic carbocycles. The molecule has 2 aromatic heterocycles. The smallest absolute Gasteiger partial charge is 0.144 e. The maximum Gasteiger partial charge on any atom is 0.144 e. The number of piperidine rings is 1. The van der Waals surface area contributed by atoms with Gasteiger partial charge in [0.15, 0.2) is 0 Å². The van der Waals surface area contributed by atoms with E-state index < -0.39 is 0 Å². The number of fused-ring (bicyclic) bond motifs is 1. The first-order valence-corrected chi connectivity index (χ1v) is 9.79. The fraction of sp³-hybridized carbons (Fsp3) is 0.600. The summed E-state index contributed by atoms with van der Waals surface area (Å²) in [6, 6.07) is 1.86. The van der Waals surface area contributed by atoms with Gasteiger partial charge >= 0.3 is 0 Å². The Hall–Kier alpha value is -1.61. The highest BCUT2D eigenvalue weighted by molar-refractivity contribution is 6.30. The van der Waals surface area contributed by atoms with E-state index in [0.717, 1.165) is 55.4 Å². The summed E-state index contributed by atoms with van der Waals surface area (Å²) < 4.78 is 1.97. The van der Waals surface area contributed by atoms with Crippen molar-refractivity contribution in [1.29, 1.82) is 0 Å². The van der Waals surface area contributed by atoms with E-state index in [4.69, 9.17) is 16.7 Å². The van der Waals surface area contributed by atoms with E-state index >= 15 is 0 Å². The molecule has 2 fully saturated rings. The lowest BCUT2D eigenvalue weighted by molar-refractivity contribution is 0.0255. The van der Waals surface area contributed by atoms with Crippen LogP contribution in [0.2, 0.25) is 5.15 Å². The number of nitrogens with zero attached hydrogens (tertiary/aromatic N) is 4. The molecule has 0 radical (unpaired) electrons. The molecule has 3 heterocycles. The van der Waals surface area contributed by atoms with Crippen LogP contribution in [0.25, 0.3) is 10.9 Å². The van der Waals surface area contributed by atoms with Crippen LogP contribution in [0, 0.1) is 23.2 Å². The van der Waals surface area contributed by atoms with E-state index in [1.165, 1.54) is 6.42 Å². The van der Waals surface area contributed by atoms with Gasteiger partial charge in [0.25, 0.3) is 0 Å². The topological polar surface area (TPSA) is 54.2 Å². The lowest BCUT2D eigenvalue weighted by Crippen LogP contribution is -2.37. The van der Waals surface area contributed by atoms with Crippen LogP contribution in [0.4, 0.5) is 0 Å². The Morgan fingerprint density at radius 2 is 2.12 bits per heavy atom. The van der Waals surface area contributed by atoms with Gasteiger partial charge in [-0.25, -0.2) is 4.98 Å². The quantitative estimate of drug-likeness (QED) is 0.664. The van der Waals surface area contributed by atoms with Crippen molar-refractivity contribution in [3.8, 4) is 11.8 Å². The molecule has 138 valence electrons. The van der Waals surface area contributed by atoms with Crippen LogP contribution >= 0.6 is 11.6 Å². The van der Waals surface area contributed by atoms with Crippen LogP contribution in [0.1, 0.15) is 37.8 Å². The number of hydrogen-bond donors (Lipinski definition) is 1. The highest BCUT2D eigenvalue weighted by atomic mass is 35.5. The number of pyridine rings is 1. The number of rotatable bonds is 3. The van der Waals surface area contributed by atoms with Crippen LogP contribution < -0.4 is 0 Å². The normalized spacial score (nSPS) is 20.6. The summed E-state index contributed by atoms with van der Waals surface area (Å²) in [7, 11) is 2.16. The van der Waals surface area contributed by atoms with Gasteiger partial charge in [-0.1, -0.05) is 23.9 Å². The van der Waals surface area contributed by atoms with Gasteiger partial charge in [-0.15, -0.1) is 0 Å². The first-order valence-electron chi connectivity index (χ1n) is 9.42. The van der Waals surface area contributed by atoms with Gasteiger partial charge < -0.3 is 10.0 Å². The number of aromatic nitrogens is 3. The highest BCUT2D eigenvalue weighted by Gasteiger charge is 2.37. The molecule has 4 rings (SSSR count). The van der Waals surface area contributed by atoms with E-state index in [2.05, 4.69) is 28.8 Å². The summed E-state index contributed by atoms with van der Waals surface area (Å²) in [5.41, 5.74) is 1.68. The Bertz CT molecular complexity index is 848. The van der Waals surface area contributed by atoms with Gasteiger partial charge in [0, 0.05) is 30.1 Å². The standard InChI is InChI=1S/C20H25ClN4O/c1-24-9-5-15(6-10-24)3-4-17-16-12-22-19(21)11-18(16)25(23-17)13-20(14-26)7-2-8-20/h11-12,15,26H,2,5-10,13-14H2,1H3. The minimum atomic E-state index is -0.0483. The van der Waals surface area contributed by atoms with E-state index in [-0.39, 0.29) is 12.0 Å². The molecule has 0 spiro atoms. The van der Waals surface area contributed by atoms with Crippen molar-refractivity contribution >= 4 is 22.5 Å². The van der Waals surface area contributed by atoms with Gasteiger partial charge in [-0.3, -0.25) is 4.68 Å². The van der Waals surface area contributed by atoms with Gasteiger partial charge in [0.05, 0.1) is 17.5 Å². The van der Waals surface area contributed by atoms with Crippen LogP contribution in [0.5, 0.6) is 0 Å². The minimum Gasteiger partial charge on any atom is -0.396 e. The van der Waals surface area contributed by atoms with Crippen molar-refractivity contribution in [2.75, 3.05) is 26.7 Å². The van der Waals surface area contributed by atoms with Crippen molar-refractivity contribution in [3.63, 3.8) is 0 Å². The summed E-state index contributed by atoms with van der Waals surface area (Å²) in [6.45, 7) is 3.11. The first kappa shape index (κ1) is 17.8. The van der Waals surface area contributed by atoms with Crippen LogP contribution in [-0.4, -0.2) is 51.5 Å². The molecule has 0 unspecified atom stereocenters. The van der Waals surface area contributed by atoms with Gasteiger partial charge in [0.2, 0.25) is 0 Å². The maximum absolute atomic E-state index is 9.81. The first-order chi connectivity index (χ1) is 12.6. The monoisotopic (exact) mass is 372 g/mol. The molecule has 6 heteroatoms. The fourth-order valence-corrected chi connectivity index (χ4v) is 4.09. The zero-order chi connectivity index (χ0) is 18.1. The molecule has 0 aromatic carbocycles. The Kier molecular flexibility index (Phi) is 4.92. The van der Waals surface area contributed by atoms with E-state index in [1.807, 2.05) is 10.7 Å². The third kappa shape index (κ3) is 3.46. The largest absolute Gasteiger partial charge is 0.396 e. The molecule has 0 atom stereocenters. The Balaban J connectivity index is 1.65. The third-order valence-electron chi connectivity index (χ3n) is 5.95. The van der Waals surface area contributed by atoms with Crippen LogP contribution in [0.3, 0.4) is 0 Å².